The molecule has 82 valence electrons. The van der Waals surface area contributed by atoms with Gasteiger partial charge < -0.3 is 9.47 Å². The zero-order chi connectivity index (χ0) is 10.5. The minimum Gasteiger partial charge on any atom is -0.502 e. The van der Waals surface area contributed by atoms with Gasteiger partial charge in [-0.05, 0) is 32.1 Å². The van der Waals surface area contributed by atoms with Crippen LogP contribution in [0.2, 0.25) is 0 Å². The highest BCUT2D eigenvalue weighted by Gasteiger charge is 1.89. The third-order valence-electron chi connectivity index (χ3n) is 1.82. The Morgan fingerprint density at radius 2 is 1.64 bits per heavy atom. The smallest absolute Gasteiger partial charge is 0.0873 e. The Morgan fingerprint density at radius 1 is 1.00 bits per heavy atom. The third-order valence-corrected chi connectivity index (χ3v) is 1.82. The largest absolute Gasteiger partial charge is 0.502 e. The Hall–Kier alpha value is -0.920. The summed E-state index contributed by atoms with van der Waals surface area (Å²) in [6.45, 7) is 7.21. The molecule has 2 heteroatoms. The van der Waals surface area contributed by atoms with Gasteiger partial charge in [0.25, 0.3) is 0 Å². The first kappa shape index (κ1) is 13.1. The summed E-state index contributed by atoms with van der Waals surface area (Å²) in [7, 11) is 0. The predicted molar refractivity (Wildman–Crippen MR) is 60.0 cm³/mol. The number of ether oxygens (including phenoxy) is 2. The van der Waals surface area contributed by atoms with Crippen molar-refractivity contribution in [1.29, 1.82) is 0 Å². The number of rotatable bonds is 10. The lowest BCUT2D eigenvalue weighted by Gasteiger charge is -2.01. The average Bonchev–Trinajstić information content (AvgIpc) is 2.21. The van der Waals surface area contributed by atoms with Crippen LogP contribution in [-0.4, -0.2) is 13.2 Å². The van der Waals surface area contributed by atoms with Crippen LogP contribution in [0.15, 0.2) is 25.2 Å². The summed E-state index contributed by atoms with van der Waals surface area (Å²) in [5, 5.41) is 0. The maximum atomic E-state index is 5.27. The van der Waals surface area contributed by atoms with E-state index >= 15 is 0 Å². The summed E-state index contributed by atoms with van der Waals surface area (Å²) in [5.74, 6) is 0. The molecule has 0 aromatic rings. The molecule has 0 N–H and O–H groups in total. The fourth-order valence-corrected chi connectivity index (χ4v) is 1.04. The van der Waals surface area contributed by atoms with Gasteiger partial charge in [0.2, 0.25) is 0 Å². The molecule has 0 unspecified atom stereocenters. The molecule has 0 amide bonds. The van der Waals surface area contributed by atoms with E-state index in [2.05, 4.69) is 13.5 Å². The van der Waals surface area contributed by atoms with Gasteiger partial charge >= 0.3 is 0 Å². The van der Waals surface area contributed by atoms with Crippen LogP contribution >= 0.6 is 0 Å². The highest BCUT2D eigenvalue weighted by atomic mass is 16.5. The summed E-state index contributed by atoms with van der Waals surface area (Å²) in [5.41, 5.74) is 0. The van der Waals surface area contributed by atoms with Gasteiger partial charge in [0.05, 0.1) is 25.7 Å². The van der Waals surface area contributed by atoms with Crippen LogP contribution in [0.4, 0.5) is 0 Å². The Labute approximate surface area is 87.6 Å². The normalized spacial score (nSPS) is 10.4. The van der Waals surface area contributed by atoms with Crippen molar-refractivity contribution in [2.45, 2.75) is 39.0 Å². The fraction of sp³-hybridized carbons (Fsp3) is 0.667. The molecule has 0 rings (SSSR count). The van der Waals surface area contributed by atoms with Crippen molar-refractivity contribution in [3.05, 3.63) is 25.2 Å². The van der Waals surface area contributed by atoms with E-state index in [1.165, 1.54) is 19.1 Å². The summed E-state index contributed by atoms with van der Waals surface area (Å²) in [6.07, 6.45) is 11.0. The molecule has 0 fully saturated rings. The first-order valence-corrected chi connectivity index (χ1v) is 5.41. The van der Waals surface area contributed by atoms with E-state index in [4.69, 9.17) is 9.47 Å². The molecule has 2 nitrogen and oxygen atoms in total. The van der Waals surface area contributed by atoms with Gasteiger partial charge in [0.1, 0.15) is 0 Å². The average molecular weight is 198 g/mol. The molecule has 0 radical (unpaired) electrons. The summed E-state index contributed by atoms with van der Waals surface area (Å²) in [4.78, 5) is 0. The van der Waals surface area contributed by atoms with E-state index in [-0.39, 0.29) is 0 Å². The minimum atomic E-state index is 0.792. The molecule has 0 aliphatic heterocycles. The molecule has 0 aromatic heterocycles. The lowest BCUT2D eigenvalue weighted by atomic mass is 10.2. The van der Waals surface area contributed by atoms with Crippen molar-refractivity contribution >= 4 is 0 Å². The second-order valence-electron chi connectivity index (χ2n) is 3.10. The van der Waals surface area contributed by atoms with Crippen molar-refractivity contribution in [2.75, 3.05) is 13.2 Å². The molecule has 0 bridgehead atoms. The molecule has 14 heavy (non-hydrogen) atoms. The standard InChI is InChI=1S/C12H22O2/c1-3-5-10-14-12-9-7-6-8-11-13-4-2/h4-5,10H,2-3,6-9,11-12H2,1H3/b10-5+. The fourth-order valence-electron chi connectivity index (χ4n) is 1.04. The Bertz CT molecular complexity index is 141. The molecule has 0 aromatic carbocycles. The highest BCUT2D eigenvalue weighted by Crippen LogP contribution is 2.00. The SMILES string of the molecule is C=COCCCCCCO/C=C/CC. The monoisotopic (exact) mass is 198 g/mol. The molecular formula is C12H22O2. The lowest BCUT2D eigenvalue weighted by Crippen LogP contribution is -1.90. The Kier molecular flexibility index (Phi) is 11.3. The van der Waals surface area contributed by atoms with Gasteiger partial charge in [-0.1, -0.05) is 19.6 Å². The predicted octanol–water partition coefficient (Wildman–Crippen LogP) is 3.65. The van der Waals surface area contributed by atoms with Gasteiger partial charge in [-0.15, -0.1) is 0 Å². The highest BCUT2D eigenvalue weighted by molar-refractivity contribution is 4.70. The molecule has 0 aliphatic rings. The first-order valence-electron chi connectivity index (χ1n) is 5.41. The quantitative estimate of drug-likeness (QED) is 0.394. The zero-order valence-electron chi connectivity index (χ0n) is 9.21. The minimum absolute atomic E-state index is 0.792. The molecule has 0 atom stereocenters. The second kappa shape index (κ2) is 12.1. The van der Waals surface area contributed by atoms with E-state index in [1.54, 1.807) is 6.26 Å². The summed E-state index contributed by atoms with van der Waals surface area (Å²) >= 11 is 0. The molecule has 0 spiro atoms. The second-order valence-corrected chi connectivity index (χ2v) is 3.10. The van der Waals surface area contributed by atoms with E-state index in [0.29, 0.717) is 0 Å². The van der Waals surface area contributed by atoms with Crippen LogP contribution in [0.3, 0.4) is 0 Å². The maximum Gasteiger partial charge on any atom is 0.0873 e. The number of hydrogen-bond acceptors (Lipinski definition) is 2. The van der Waals surface area contributed by atoms with Crippen LogP contribution in [0.25, 0.3) is 0 Å². The van der Waals surface area contributed by atoms with E-state index in [1.807, 2.05) is 6.08 Å². The third kappa shape index (κ3) is 11.1. The lowest BCUT2D eigenvalue weighted by molar-refractivity contribution is 0.227. The van der Waals surface area contributed by atoms with Gasteiger partial charge in [-0.2, -0.15) is 0 Å². The maximum absolute atomic E-state index is 5.27. The van der Waals surface area contributed by atoms with Gasteiger partial charge in [-0.25, -0.2) is 0 Å². The van der Waals surface area contributed by atoms with Crippen molar-refractivity contribution in [3.8, 4) is 0 Å². The molecule has 0 aliphatic carbocycles. The van der Waals surface area contributed by atoms with E-state index in [0.717, 1.165) is 32.5 Å². The van der Waals surface area contributed by atoms with Crippen LogP contribution in [0, 0.1) is 0 Å². The molecular weight excluding hydrogens is 176 g/mol. The van der Waals surface area contributed by atoms with Crippen molar-refractivity contribution < 1.29 is 9.47 Å². The van der Waals surface area contributed by atoms with Crippen LogP contribution in [-0.2, 0) is 9.47 Å². The Morgan fingerprint density at radius 3 is 2.21 bits per heavy atom. The number of allylic oxidation sites excluding steroid dienone is 1. The van der Waals surface area contributed by atoms with Crippen molar-refractivity contribution in [1.82, 2.24) is 0 Å². The number of hydrogen-bond donors (Lipinski definition) is 0. The molecule has 0 saturated heterocycles. The van der Waals surface area contributed by atoms with Gasteiger partial charge in [-0.3, -0.25) is 0 Å². The van der Waals surface area contributed by atoms with Gasteiger partial charge in [0, 0.05) is 0 Å². The van der Waals surface area contributed by atoms with Crippen LogP contribution in [0.1, 0.15) is 39.0 Å². The molecule has 0 saturated carbocycles. The van der Waals surface area contributed by atoms with Crippen molar-refractivity contribution in [3.63, 3.8) is 0 Å². The summed E-state index contributed by atoms with van der Waals surface area (Å²) in [6, 6.07) is 0. The van der Waals surface area contributed by atoms with Gasteiger partial charge in [0.15, 0.2) is 0 Å². The van der Waals surface area contributed by atoms with Crippen LogP contribution < -0.4 is 0 Å². The zero-order valence-corrected chi connectivity index (χ0v) is 9.21. The number of unbranched alkanes of at least 4 members (excludes halogenated alkanes) is 3. The van der Waals surface area contributed by atoms with E-state index < -0.39 is 0 Å². The van der Waals surface area contributed by atoms with Crippen LogP contribution in [0.5, 0.6) is 0 Å². The Balaban J connectivity index is 2.91. The molecule has 0 heterocycles. The van der Waals surface area contributed by atoms with Crippen molar-refractivity contribution in [2.24, 2.45) is 0 Å². The topological polar surface area (TPSA) is 18.5 Å². The summed E-state index contributed by atoms with van der Waals surface area (Å²) < 4.78 is 10.3. The first-order chi connectivity index (χ1) is 6.91. The van der Waals surface area contributed by atoms with E-state index in [9.17, 15) is 0 Å².